The maximum Gasteiger partial charge on any atom is 0.264 e. The number of benzene rings is 2. The molecule has 1 aliphatic rings. The van der Waals surface area contributed by atoms with Crippen molar-refractivity contribution in [1.82, 2.24) is 5.32 Å². The fourth-order valence-electron chi connectivity index (χ4n) is 1.96. The third kappa shape index (κ3) is 3.43. The van der Waals surface area contributed by atoms with Crippen LogP contribution in [-0.4, -0.2) is 11.1 Å². The van der Waals surface area contributed by atoms with Crippen LogP contribution >= 0.6 is 11.8 Å². The van der Waals surface area contributed by atoms with Crippen molar-refractivity contribution in [1.29, 1.82) is 0 Å². The number of amidine groups is 1. The summed E-state index contributed by atoms with van der Waals surface area (Å²) in [6, 6.07) is 13.8. The third-order valence-corrected chi connectivity index (χ3v) is 3.97. The van der Waals surface area contributed by atoms with Gasteiger partial charge in [-0.3, -0.25) is 4.79 Å². The van der Waals surface area contributed by atoms with Crippen molar-refractivity contribution in [3.63, 3.8) is 0 Å². The number of thioether (sulfide) groups is 1. The molecular formula is C17H13FN2OS. The van der Waals surface area contributed by atoms with E-state index in [0.29, 0.717) is 15.6 Å². The van der Waals surface area contributed by atoms with Crippen LogP contribution in [0.5, 0.6) is 0 Å². The lowest BCUT2D eigenvalue weighted by Gasteiger charge is -1.97. The van der Waals surface area contributed by atoms with Crippen LogP contribution in [0.25, 0.3) is 6.08 Å². The predicted octanol–water partition coefficient (Wildman–Crippen LogP) is 4.03. The minimum Gasteiger partial charge on any atom is -0.300 e. The smallest absolute Gasteiger partial charge is 0.264 e. The first kappa shape index (κ1) is 14.5. The summed E-state index contributed by atoms with van der Waals surface area (Å²) in [6.07, 6.45) is 1.65. The number of nitrogens with zero attached hydrogens (tertiary/aromatic N) is 1. The van der Waals surface area contributed by atoms with Gasteiger partial charge in [-0.2, -0.15) is 0 Å². The molecule has 2 aromatic rings. The summed E-state index contributed by atoms with van der Waals surface area (Å²) in [5.74, 6) is -0.550. The molecule has 3 nitrogen and oxygen atoms in total. The Bertz CT molecular complexity index is 782. The largest absolute Gasteiger partial charge is 0.300 e. The SMILES string of the molecule is Cc1ccc(N=C2NC(=O)C(=Cc3cccc(F)c3)S2)cc1. The van der Waals surface area contributed by atoms with Crippen molar-refractivity contribution in [2.45, 2.75) is 6.92 Å². The van der Waals surface area contributed by atoms with E-state index in [1.165, 1.54) is 23.9 Å². The van der Waals surface area contributed by atoms with Gasteiger partial charge in [-0.15, -0.1) is 0 Å². The molecule has 0 unspecified atom stereocenters. The molecule has 3 rings (SSSR count). The molecule has 0 atom stereocenters. The number of amides is 1. The number of halogens is 1. The summed E-state index contributed by atoms with van der Waals surface area (Å²) < 4.78 is 13.2. The average Bonchev–Trinajstić information content (AvgIpc) is 2.81. The zero-order valence-corrected chi connectivity index (χ0v) is 12.7. The Morgan fingerprint density at radius 2 is 1.95 bits per heavy atom. The van der Waals surface area contributed by atoms with Gasteiger partial charge < -0.3 is 5.32 Å². The zero-order valence-electron chi connectivity index (χ0n) is 11.8. The molecule has 0 aliphatic carbocycles. The Morgan fingerprint density at radius 1 is 1.18 bits per heavy atom. The summed E-state index contributed by atoms with van der Waals surface area (Å²) in [4.78, 5) is 16.8. The van der Waals surface area contributed by atoms with Gasteiger partial charge in [0.2, 0.25) is 0 Å². The maximum atomic E-state index is 13.2. The number of hydrogen-bond acceptors (Lipinski definition) is 3. The van der Waals surface area contributed by atoms with Crippen molar-refractivity contribution in [3.05, 3.63) is 70.4 Å². The van der Waals surface area contributed by atoms with E-state index in [9.17, 15) is 9.18 Å². The van der Waals surface area contributed by atoms with E-state index >= 15 is 0 Å². The van der Waals surface area contributed by atoms with E-state index < -0.39 is 0 Å². The topological polar surface area (TPSA) is 41.5 Å². The molecular weight excluding hydrogens is 299 g/mol. The van der Waals surface area contributed by atoms with Gasteiger partial charge in [-0.05, 0) is 54.6 Å². The Morgan fingerprint density at radius 3 is 2.68 bits per heavy atom. The first-order chi connectivity index (χ1) is 10.6. The van der Waals surface area contributed by atoms with Crippen LogP contribution in [0.1, 0.15) is 11.1 Å². The van der Waals surface area contributed by atoms with Crippen LogP contribution in [0.4, 0.5) is 10.1 Å². The van der Waals surface area contributed by atoms with E-state index in [1.54, 1.807) is 18.2 Å². The van der Waals surface area contributed by atoms with E-state index in [-0.39, 0.29) is 11.7 Å². The predicted molar refractivity (Wildman–Crippen MR) is 88.4 cm³/mol. The molecule has 0 bridgehead atoms. The number of carbonyl (C=O) groups is 1. The molecule has 2 aromatic carbocycles. The van der Waals surface area contributed by atoms with Crippen LogP contribution in [0.15, 0.2) is 58.4 Å². The summed E-state index contributed by atoms with van der Waals surface area (Å²) in [6.45, 7) is 2.00. The van der Waals surface area contributed by atoms with E-state index in [0.717, 1.165) is 11.3 Å². The number of hydrogen-bond donors (Lipinski definition) is 1. The van der Waals surface area contributed by atoms with Crippen molar-refractivity contribution in [2.24, 2.45) is 4.99 Å². The maximum absolute atomic E-state index is 13.2. The highest BCUT2D eigenvalue weighted by molar-refractivity contribution is 8.18. The molecule has 0 spiro atoms. The third-order valence-electron chi connectivity index (χ3n) is 3.06. The van der Waals surface area contributed by atoms with Crippen molar-refractivity contribution >= 4 is 34.6 Å². The van der Waals surface area contributed by atoms with Crippen LogP contribution in [0.2, 0.25) is 0 Å². The lowest BCUT2D eigenvalue weighted by Crippen LogP contribution is -2.19. The van der Waals surface area contributed by atoms with Gasteiger partial charge in [0.15, 0.2) is 5.17 Å². The minimum atomic E-state index is -0.327. The quantitative estimate of drug-likeness (QED) is 0.851. The molecule has 0 aromatic heterocycles. The summed E-state index contributed by atoms with van der Waals surface area (Å²) >= 11 is 1.25. The zero-order chi connectivity index (χ0) is 15.5. The van der Waals surface area contributed by atoms with E-state index in [1.807, 2.05) is 31.2 Å². The summed E-state index contributed by atoms with van der Waals surface area (Å²) in [5, 5.41) is 3.24. The number of nitrogens with one attached hydrogen (secondary N) is 1. The second-order valence-electron chi connectivity index (χ2n) is 4.87. The molecule has 22 heavy (non-hydrogen) atoms. The molecule has 0 saturated carbocycles. The first-order valence-corrected chi connectivity index (χ1v) is 7.54. The molecule has 5 heteroatoms. The van der Waals surface area contributed by atoms with Gasteiger partial charge in [0, 0.05) is 0 Å². The fraction of sp³-hybridized carbons (Fsp3) is 0.0588. The number of rotatable bonds is 2. The van der Waals surface area contributed by atoms with Crippen LogP contribution < -0.4 is 5.32 Å². The molecule has 1 amide bonds. The van der Waals surface area contributed by atoms with Crippen molar-refractivity contribution in [2.75, 3.05) is 0 Å². The van der Waals surface area contributed by atoms with Gasteiger partial charge in [-0.25, -0.2) is 9.38 Å². The second kappa shape index (κ2) is 6.15. The van der Waals surface area contributed by atoms with Gasteiger partial charge in [0.1, 0.15) is 5.82 Å². The highest BCUT2D eigenvalue weighted by atomic mass is 32.2. The number of aryl methyl sites for hydroxylation is 1. The molecule has 0 radical (unpaired) electrons. The molecule has 1 saturated heterocycles. The number of aliphatic imine (C=N–C) groups is 1. The van der Waals surface area contributed by atoms with Gasteiger partial charge in [0.05, 0.1) is 10.6 Å². The van der Waals surface area contributed by atoms with Gasteiger partial charge >= 0.3 is 0 Å². The molecule has 1 fully saturated rings. The Balaban J connectivity index is 1.82. The Labute approximate surface area is 132 Å². The van der Waals surface area contributed by atoms with Crippen molar-refractivity contribution in [3.8, 4) is 0 Å². The highest BCUT2D eigenvalue weighted by Gasteiger charge is 2.23. The van der Waals surface area contributed by atoms with E-state index in [4.69, 9.17) is 0 Å². The van der Waals surface area contributed by atoms with E-state index in [2.05, 4.69) is 10.3 Å². The van der Waals surface area contributed by atoms with Gasteiger partial charge in [-0.1, -0.05) is 29.8 Å². The fourth-order valence-corrected chi connectivity index (χ4v) is 2.81. The molecule has 1 N–H and O–H groups in total. The lowest BCUT2D eigenvalue weighted by molar-refractivity contribution is -0.115. The average molecular weight is 312 g/mol. The Kier molecular flexibility index (Phi) is 4.06. The van der Waals surface area contributed by atoms with Crippen LogP contribution in [0, 0.1) is 12.7 Å². The van der Waals surface area contributed by atoms with Crippen LogP contribution in [0.3, 0.4) is 0 Å². The minimum absolute atomic E-state index is 0.222. The monoisotopic (exact) mass is 312 g/mol. The normalized spacial score (nSPS) is 18.0. The Hall–Kier alpha value is -2.40. The summed E-state index contributed by atoms with van der Waals surface area (Å²) in [5.41, 5.74) is 2.58. The van der Waals surface area contributed by atoms with Gasteiger partial charge in [0.25, 0.3) is 5.91 Å². The number of carbonyl (C=O) groups excluding carboxylic acids is 1. The second-order valence-corrected chi connectivity index (χ2v) is 5.90. The van der Waals surface area contributed by atoms with Crippen LogP contribution in [-0.2, 0) is 4.79 Å². The summed E-state index contributed by atoms with van der Waals surface area (Å²) in [7, 11) is 0. The molecule has 110 valence electrons. The highest BCUT2D eigenvalue weighted by Crippen LogP contribution is 2.28. The molecule has 1 heterocycles. The van der Waals surface area contributed by atoms with Crippen molar-refractivity contribution < 1.29 is 9.18 Å². The first-order valence-electron chi connectivity index (χ1n) is 6.72. The molecule has 1 aliphatic heterocycles. The standard InChI is InChI=1S/C17H13FN2OS/c1-11-5-7-14(8-6-11)19-17-20-16(21)15(22-17)10-12-3-2-4-13(18)9-12/h2-10H,1H3,(H,19,20,21). The lowest BCUT2D eigenvalue weighted by atomic mass is 10.2.